The molecule has 1 saturated heterocycles. The van der Waals surface area contributed by atoms with Gasteiger partial charge in [0.2, 0.25) is 0 Å². The molecule has 7 nitrogen and oxygen atoms in total. The van der Waals surface area contributed by atoms with E-state index in [1.54, 1.807) is 17.0 Å². The lowest BCUT2D eigenvalue weighted by molar-refractivity contribution is 0.0713. The summed E-state index contributed by atoms with van der Waals surface area (Å²) in [7, 11) is 0. The third kappa shape index (κ3) is 4.17. The fraction of sp³-hybridized carbons (Fsp3) is 0.250. The molecule has 0 spiro atoms. The van der Waals surface area contributed by atoms with Gasteiger partial charge < -0.3 is 19.5 Å². The standard InChI is InChI=1S/C20H20BrN5O2/c1-14-2-4-15(5-3-14)22-18-8-9-19(24-23-18)25-10-12-26(13-11-25)20(27)16-6-7-17(21)28-16/h2-9H,10-13H2,1H3,(H,22,23). The SMILES string of the molecule is Cc1ccc(Nc2ccc(N3CCN(C(=O)c4ccc(Br)o4)CC3)nn2)cc1. The second-order valence-electron chi connectivity index (χ2n) is 6.65. The molecule has 28 heavy (non-hydrogen) atoms. The molecule has 0 saturated carbocycles. The van der Waals surface area contributed by atoms with Crippen LogP contribution < -0.4 is 10.2 Å². The van der Waals surface area contributed by atoms with Crippen LogP contribution in [0.2, 0.25) is 0 Å². The number of amides is 1. The molecule has 8 heteroatoms. The highest BCUT2D eigenvalue weighted by Gasteiger charge is 2.24. The van der Waals surface area contributed by atoms with E-state index in [1.807, 2.05) is 36.4 Å². The molecule has 3 aromatic rings. The van der Waals surface area contributed by atoms with Gasteiger partial charge in [-0.3, -0.25) is 4.79 Å². The summed E-state index contributed by atoms with van der Waals surface area (Å²) in [5.41, 5.74) is 2.19. The molecule has 4 rings (SSSR count). The van der Waals surface area contributed by atoms with E-state index >= 15 is 0 Å². The first kappa shape index (κ1) is 18.5. The van der Waals surface area contributed by atoms with E-state index in [1.165, 1.54) is 5.56 Å². The third-order valence-electron chi connectivity index (χ3n) is 4.65. The molecule has 1 aliphatic rings. The molecule has 3 heterocycles. The van der Waals surface area contributed by atoms with Gasteiger partial charge in [0.05, 0.1) is 0 Å². The number of benzene rings is 1. The number of hydrogen-bond acceptors (Lipinski definition) is 6. The molecule has 0 unspecified atom stereocenters. The Morgan fingerprint density at radius 1 is 1.00 bits per heavy atom. The molecule has 1 amide bonds. The van der Waals surface area contributed by atoms with Gasteiger partial charge in [0.25, 0.3) is 5.91 Å². The number of aromatic nitrogens is 2. The molecule has 144 valence electrons. The lowest BCUT2D eigenvalue weighted by Crippen LogP contribution is -2.49. The maximum absolute atomic E-state index is 12.5. The Bertz CT molecular complexity index is 947. The lowest BCUT2D eigenvalue weighted by Gasteiger charge is -2.34. The van der Waals surface area contributed by atoms with E-state index in [-0.39, 0.29) is 5.91 Å². The van der Waals surface area contributed by atoms with E-state index in [9.17, 15) is 4.79 Å². The Morgan fingerprint density at radius 3 is 2.36 bits per heavy atom. The normalized spacial score (nSPS) is 14.2. The number of anilines is 3. The van der Waals surface area contributed by atoms with Crippen LogP contribution in [0.3, 0.4) is 0 Å². The summed E-state index contributed by atoms with van der Waals surface area (Å²) in [4.78, 5) is 16.4. The molecule has 0 atom stereocenters. The third-order valence-corrected chi connectivity index (χ3v) is 5.08. The van der Waals surface area contributed by atoms with Gasteiger partial charge >= 0.3 is 0 Å². The average Bonchev–Trinajstić information content (AvgIpc) is 3.16. The zero-order chi connectivity index (χ0) is 19.5. The Balaban J connectivity index is 1.34. The Hall–Kier alpha value is -2.87. The Kier molecular flexibility index (Phi) is 5.29. The predicted molar refractivity (Wildman–Crippen MR) is 111 cm³/mol. The molecule has 1 aromatic carbocycles. The number of aryl methyl sites for hydroxylation is 1. The zero-order valence-electron chi connectivity index (χ0n) is 15.4. The van der Waals surface area contributed by atoms with Crippen molar-refractivity contribution < 1.29 is 9.21 Å². The first-order valence-corrected chi connectivity index (χ1v) is 9.85. The van der Waals surface area contributed by atoms with E-state index in [0.29, 0.717) is 42.4 Å². The van der Waals surface area contributed by atoms with Crippen LogP contribution in [0.15, 0.2) is 57.6 Å². The molecule has 2 aromatic heterocycles. The second-order valence-corrected chi connectivity index (χ2v) is 7.43. The fourth-order valence-corrected chi connectivity index (χ4v) is 3.38. The van der Waals surface area contributed by atoms with E-state index in [0.717, 1.165) is 11.5 Å². The van der Waals surface area contributed by atoms with Crippen molar-refractivity contribution in [2.45, 2.75) is 6.92 Å². The lowest BCUT2D eigenvalue weighted by atomic mass is 10.2. The molecular weight excluding hydrogens is 422 g/mol. The highest BCUT2D eigenvalue weighted by Crippen LogP contribution is 2.20. The van der Waals surface area contributed by atoms with Crippen molar-refractivity contribution >= 4 is 39.2 Å². The number of halogens is 1. The molecule has 1 fully saturated rings. The maximum Gasteiger partial charge on any atom is 0.289 e. The minimum atomic E-state index is -0.0888. The minimum absolute atomic E-state index is 0.0888. The smallest absolute Gasteiger partial charge is 0.289 e. The predicted octanol–water partition coefficient (Wildman–Crippen LogP) is 3.85. The van der Waals surface area contributed by atoms with Crippen LogP contribution in [0.5, 0.6) is 0 Å². The molecule has 0 aliphatic carbocycles. The summed E-state index contributed by atoms with van der Waals surface area (Å²) in [6.45, 7) is 4.68. The van der Waals surface area contributed by atoms with Gasteiger partial charge in [-0.1, -0.05) is 17.7 Å². The first-order valence-electron chi connectivity index (χ1n) is 9.05. The van der Waals surface area contributed by atoms with Crippen LogP contribution in [0.1, 0.15) is 16.1 Å². The summed E-state index contributed by atoms with van der Waals surface area (Å²) in [5, 5.41) is 11.8. The van der Waals surface area contributed by atoms with Gasteiger partial charge in [-0.05, 0) is 59.3 Å². The number of nitrogens with one attached hydrogen (secondary N) is 1. The summed E-state index contributed by atoms with van der Waals surface area (Å²) < 4.78 is 5.92. The van der Waals surface area contributed by atoms with Crippen molar-refractivity contribution in [1.29, 1.82) is 0 Å². The Morgan fingerprint density at radius 2 is 1.75 bits per heavy atom. The van der Waals surface area contributed by atoms with Gasteiger partial charge in [0, 0.05) is 31.9 Å². The number of carbonyl (C=O) groups excluding carboxylic acids is 1. The monoisotopic (exact) mass is 441 g/mol. The highest BCUT2D eigenvalue weighted by molar-refractivity contribution is 9.10. The summed E-state index contributed by atoms with van der Waals surface area (Å²) >= 11 is 3.23. The molecule has 1 aliphatic heterocycles. The van der Waals surface area contributed by atoms with Gasteiger partial charge in [0.1, 0.15) is 0 Å². The zero-order valence-corrected chi connectivity index (χ0v) is 17.0. The molecule has 1 N–H and O–H groups in total. The van der Waals surface area contributed by atoms with Crippen LogP contribution >= 0.6 is 15.9 Å². The van der Waals surface area contributed by atoms with Gasteiger partial charge in [-0.2, -0.15) is 0 Å². The van der Waals surface area contributed by atoms with Gasteiger partial charge in [-0.25, -0.2) is 0 Å². The number of piperazine rings is 1. The van der Waals surface area contributed by atoms with Crippen LogP contribution in [-0.2, 0) is 0 Å². The van der Waals surface area contributed by atoms with Crippen LogP contribution in [-0.4, -0.2) is 47.2 Å². The van der Waals surface area contributed by atoms with Crippen molar-refractivity contribution in [3.05, 3.63) is 64.5 Å². The van der Waals surface area contributed by atoms with Crippen molar-refractivity contribution in [2.75, 3.05) is 36.4 Å². The summed E-state index contributed by atoms with van der Waals surface area (Å²) in [6.07, 6.45) is 0. The fourth-order valence-electron chi connectivity index (χ4n) is 3.07. The van der Waals surface area contributed by atoms with E-state index in [2.05, 4.69) is 43.3 Å². The van der Waals surface area contributed by atoms with Crippen LogP contribution in [0.25, 0.3) is 0 Å². The number of nitrogens with zero attached hydrogens (tertiary/aromatic N) is 4. The van der Waals surface area contributed by atoms with Crippen molar-refractivity contribution in [2.24, 2.45) is 0 Å². The van der Waals surface area contributed by atoms with Crippen LogP contribution in [0, 0.1) is 6.92 Å². The maximum atomic E-state index is 12.5. The molecule has 0 radical (unpaired) electrons. The largest absolute Gasteiger partial charge is 0.444 e. The topological polar surface area (TPSA) is 74.5 Å². The van der Waals surface area contributed by atoms with Crippen molar-refractivity contribution in [3.63, 3.8) is 0 Å². The highest BCUT2D eigenvalue weighted by atomic mass is 79.9. The summed E-state index contributed by atoms with van der Waals surface area (Å²) in [5.74, 6) is 1.77. The first-order chi connectivity index (χ1) is 13.6. The van der Waals surface area contributed by atoms with Crippen LogP contribution in [0.4, 0.5) is 17.3 Å². The van der Waals surface area contributed by atoms with E-state index in [4.69, 9.17) is 4.42 Å². The number of rotatable bonds is 4. The minimum Gasteiger partial charge on any atom is -0.444 e. The molecule has 0 bridgehead atoms. The van der Waals surface area contributed by atoms with Gasteiger partial charge in [-0.15, -0.1) is 10.2 Å². The quantitative estimate of drug-likeness (QED) is 0.662. The van der Waals surface area contributed by atoms with Gasteiger partial charge in [0.15, 0.2) is 22.1 Å². The number of hydrogen-bond donors (Lipinski definition) is 1. The molecular formula is C20H20BrN5O2. The van der Waals surface area contributed by atoms with Crippen molar-refractivity contribution in [3.8, 4) is 0 Å². The average molecular weight is 442 g/mol. The Labute approximate surface area is 171 Å². The summed E-state index contributed by atoms with van der Waals surface area (Å²) in [6, 6.07) is 15.4. The number of furan rings is 1. The second kappa shape index (κ2) is 8.02. The van der Waals surface area contributed by atoms with E-state index < -0.39 is 0 Å². The number of carbonyl (C=O) groups is 1. The van der Waals surface area contributed by atoms with Crippen molar-refractivity contribution in [1.82, 2.24) is 15.1 Å².